The maximum Gasteiger partial charge on any atom is 0.405 e. The van der Waals surface area contributed by atoms with Crippen LogP contribution in [-0.2, 0) is 4.74 Å². The summed E-state index contributed by atoms with van der Waals surface area (Å²) in [6, 6.07) is 7.81. The molecule has 1 heterocycles. The van der Waals surface area contributed by atoms with Crippen LogP contribution in [0.3, 0.4) is 0 Å². The van der Waals surface area contributed by atoms with E-state index in [-0.39, 0.29) is 23.6 Å². The SMILES string of the molecule is NC(=O)OC1CCOc2c(C(=O)Nc3ccc(F)c(F)c3)cccc21. The fraction of sp³-hybridized carbons (Fsp3) is 0.176. The van der Waals surface area contributed by atoms with Crippen LogP contribution < -0.4 is 15.8 Å². The molecule has 0 radical (unpaired) electrons. The number of nitrogens with one attached hydrogen (secondary N) is 1. The molecule has 0 aliphatic carbocycles. The zero-order valence-electron chi connectivity index (χ0n) is 12.9. The molecule has 1 unspecified atom stereocenters. The molecule has 1 aliphatic rings. The number of rotatable bonds is 3. The number of hydrogen-bond acceptors (Lipinski definition) is 4. The summed E-state index contributed by atoms with van der Waals surface area (Å²) in [5, 5.41) is 2.47. The van der Waals surface area contributed by atoms with Gasteiger partial charge in [0.25, 0.3) is 5.91 Å². The minimum Gasteiger partial charge on any atom is -0.492 e. The van der Waals surface area contributed by atoms with E-state index in [1.807, 2.05) is 0 Å². The second-order valence-electron chi connectivity index (χ2n) is 5.37. The normalized spacial score (nSPS) is 15.7. The van der Waals surface area contributed by atoms with Crippen molar-refractivity contribution in [1.29, 1.82) is 0 Å². The first-order valence-electron chi connectivity index (χ1n) is 7.44. The van der Waals surface area contributed by atoms with Gasteiger partial charge in [0, 0.05) is 23.7 Å². The highest BCUT2D eigenvalue weighted by Crippen LogP contribution is 2.37. The third-order valence-corrected chi connectivity index (χ3v) is 3.70. The summed E-state index contributed by atoms with van der Waals surface area (Å²) < 4.78 is 36.8. The topological polar surface area (TPSA) is 90.7 Å². The van der Waals surface area contributed by atoms with Crippen molar-refractivity contribution in [3.63, 3.8) is 0 Å². The summed E-state index contributed by atoms with van der Waals surface area (Å²) in [6.45, 7) is 0.237. The Kier molecular flexibility index (Phi) is 4.51. The number of nitrogens with two attached hydrogens (primary N) is 1. The predicted octanol–water partition coefficient (Wildman–Crippen LogP) is 3.14. The quantitative estimate of drug-likeness (QED) is 0.891. The molecule has 2 aromatic rings. The molecule has 130 valence electrons. The van der Waals surface area contributed by atoms with Crippen LogP contribution in [0.1, 0.15) is 28.4 Å². The molecule has 2 amide bonds. The van der Waals surface area contributed by atoms with Crippen molar-refractivity contribution < 1.29 is 27.8 Å². The Labute approximate surface area is 141 Å². The molecule has 3 N–H and O–H groups in total. The number of primary amides is 1. The van der Waals surface area contributed by atoms with E-state index in [2.05, 4.69) is 5.32 Å². The van der Waals surface area contributed by atoms with Gasteiger partial charge in [-0.2, -0.15) is 0 Å². The molecule has 25 heavy (non-hydrogen) atoms. The Morgan fingerprint density at radius 1 is 1.20 bits per heavy atom. The maximum atomic E-state index is 13.3. The van der Waals surface area contributed by atoms with Gasteiger partial charge >= 0.3 is 6.09 Å². The monoisotopic (exact) mass is 348 g/mol. The first kappa shape index (κ1) is 16.7. The summed E-state index contributed by atoms with van der Waals surface area (Å²) in [6.07, 6.45) is -1.13. The molecular weight excluding hydrogens is 334 g/mol. The van der Waals surface area contributed by atoms with Crippen LogP contribution in [0.25, 0.3) is 0 Å². The molecule has 2 aromatic carbocycles. The Hall–Kier alpha value is -3.16. The molecule has 3 rings (SSSR count). The molecule has 0 bridgehead atoms. The summed E-state index contributed by atoms with van der Waals surface area (Å²) in [7, 11) is 0. The summed E-state index contributed by atoms with van der Waals surface area (Å²) in [5.41, 5.74) is 5.86. The molecule has 1 aliphatic heterocycles. The Morgan fingerprint density at radius 3 is 2.72 bits per heavy atom. The highest BCUT2D eigenvalue weighted by atomic mass is 19.2. The lowest BCUT2D eigenvalue weighted by molar-refractivity contribution is 0.0759. The number of carbonyl (C=O) groups is 2. The summed E-state index contributed by atoms with van der Waals surface area (Å²) >= 11 is 0. The van der Waals surface area contributed by atoms with E-state index in [4.69, 9.17) is 15.2 Å². The van der Waals surface area contributed by atoms with Crippen molar-refractivity contribution in [1.82, 2.24) is 0 Å². The third-order valence-electron chi connectivity index (χ3n) is 3.70. The van der Waals surface area contributed by atoms with Gasteiger partial charge in [-0.15, -0.1) is 0 Å². The average Bonchev–Trinajstić information content (AvgIpc) is 2.57. The maximum absolute atomic E-state index is 13.3. The number of anilines is 1. The fourth-order valence-corrected chi connectivity index (χ4v) is 2.61. The minimum absolute atomic E-state index is 0.0993. The number of carbonyl (C=O) groups excluding carboxylic acids is 2. The van der Waals surface area contributed by atoms with Gasteiger partial charge in [0.2, 0.25) is 0 Å². The number of fused-ring (bicyclic) bond motifs is 1. The van der Waals surface area contributed by atoms with E-state index in [9.17, 15) is 18.4 Å². The largest absolute Gasteiger partial charge is 0.492 e. The second-order valence-corrected chi connectivity index (χ2v) is 5.37. The molecule has 0 aromatic heterocycles. The first-order chi connectivity index (χ1) is 12.0. The lowest BCUT2D eigenvalue weighted by Crippen LogP contribution is -2.24. The number of benzene rings is 2. The molecular formula is C17H14F2N2O4. The Bertz CT molecular complexity index is 841. The van der Waals surface area contributed by atoms with Gasteiger partial charge in [-0.1, -0.05) is 12.1 Å². The second kappa shape index (κ2) is 6.76. The fourth-order valence-electron chi connectivity index (χ4n) is 2.61. The van der Waals surface area contributed by atoms with E-state index >= 15 is 0 Å². The lowest BCUT2D eigenvalue weighted by atomic mass is 9.99. The molecule has 0 spiro atoms. The van der Waals surface area contributed by atoms with E-state index in [0.717, 1.165) is 12.1 Å². The minimum atomic E-state index is -1.07. The third kappa shape index (κ3) is 3.52. The first-order valence-corrected chi connectivity index (χ1v) is 7.44. The van der Waals surface area contributed by atoms with Crippen LogP contribution in [0.15, 0.2) is 36.4 Å². The van der Waals surface area contributed by atoms with Crippen LogP contribution >= 0.6 is 0 Å². The smallest absolute Gasteiger partial charge is 0.405 e. The summed E-state index contributed by atoms with van der Waals surface area (Å²) in [4.78, 5) is 23.5. The van der Waals surface area contributed by atoms with Gasteiger partial charge in [0.05, 0.1) is 12.2 Å². The van der Waals surface area contributed by atoms with Crippen molar-refractivity contribution in [3.05, 3.63) is 59.2 Å². The number of amides is 2. The lowest BCUT2D eigenvalue weighted by Gasteiger charge is -2.26. The molecule has 0 saturated heterocycles. The van der Waals surface area contributed by atoms with Gasteiger partial charge in [0.15, 0.2) is 11.6 Å². The van der Waals surface area contributed by atoms with Crippen molar-refractivity contribution in [3.8, 4) is 5.75 Å². The van der Waals surface area contributed by atoms with Crippen molar-refractivity contribution in [2.24, 2.45) is 5.73 Å². The standard InChI is InChI=1S/C17H14F2N2O4/c18-12-5-4-9(8-13(12)19)21-16(22)11-3-1-2-10-14(25-17(20)23)6-7-24-15(10)11/h1-5,8,14H,6-7H2,(H2,20,23)(H,21,22). The van der Waals surface area contributed by atoms with Crippen molar-refractivity contribution >= 4 is 17.7 Å². The van der Waals surface area contributed by atoms with Crippen LogP contribution in [0.4, 0.5) is 19.3 Å². The van der Waals surface area contributed by atoms with E-state index in [1.165, 1.54) is 12.1 Å². The molecule has 0 saturated carbocycles. The van der Waals surface area contributed by atoms with Gasteiger partial charge in [-0.3, -0.25) is 4.79 Å². The average molecular weight is 348 g/mol. The summed E-state index contributed by atoms with van der Waals surface area (Å²) in [5.74, 6) is -2.38. The van der Waals surface area contributed by atoms with Gasteiger partial charge in [-0.05, 0) is 18.2 Å². The van der Waals surface area contributed by atoms with E-state index in [0.29, 0.717) is 12.0 Å². The van der Waals surface area contributed by atoms with Gasteiger partial charge < -0.3 is 20.5 Å². The Balaban J connectivity index is 1.88. The van der Waals surface area contributed by atoms with Crippen LogP contribution in [0.2, 0.25) is 0 Å². The van der Waals surface area contributed by atoms with Gasteiger partial charge in [0.1, 0.15) is 11.9 Å². The molecule has 8 heteroatoms. The number of ether oxygens (including phenoxy) is 2. The number of para-hydroxylation sites is 1. The van der Waals surface area contributed by atoms with Crippen molar-refractivity contribution in [2.45, 2.75) is 12.5 Å². The van der Waals surface area contributed by atoms with Crippen molar-refractivity contribution in [2.75, 3.05) is 11.9 Å². The predicted molar refractivity (Wildman–Crippen MR) is 84.3 cm³/mol. The zero-order chi connectivity index (χ0) is 18.0. The highest BCUT2D eigenvalue weighted by molar-refractivity contribution is 6.06. The molecule has 1 atom stereocenters. The zero-order valence-corrected chi connectivity index (χ0v) is 12.9. The van der Waals surface area contributed by atoms with Gasteiger partial charge in [-0.25, -0.2) is 13.6 Å². The highest BCUT2D eigenvalue weighted by Gasteiger charge is 2.28. The Morgan fingerprint density at radius 2 is 2.00 bits per heavy atom. The van der Waals surface area contributed by atoms with Crippen LogP contribution in [0.5, 0.6) is 5.75 Å². The van der Waals surface area contributed by atoms with E-state index < -0.39 is 29.7 Å². The van der Waals surface area contributed by atoms with E-state index in [1.54, 1.807) is 12.1 Å². The molecule has 0 fully saturated rings. The van der Waals surface area contributed by atoms with Crippen LogP contribution in [-0.4, -0.2) is 18.6 Å². The molecule has 6 nitrogen and oxygen atoms in total. The van der Waals surface area contributed by atoms with Crippen LogP contribution in [0, 0.1) is 11.6 Å². The number of halogens is 2. The number of hydrogen-bond donors (Lipinski definition) is 2.